The van der Waals surface area contributed by atoms with Crippen LogP contribution in [0.15, 0.2) is 46.3 Å². The fraction of sp³-hybridized carbons (Fsp3) is 0.167. The lowest BCUT2D eigenvalue weighted by molar-refractivity contribution is 0.907. The number of thiophene rings is 1. The minimum absolute atomic E-state index is 0.351. The van der Waals surface area contributed by atoms with Crippen LogP contribution in [0.1, 0.15) is 17.8 Å². The monoisotopic (exact) mass is 281 g/mol. The lowest BCUT2D eigenvalue weighted by Crippen LogP contribution is -2.04. The highest BCUT2D eigenvalue weighted by atomic mass is 79.9. The van der Waals surface area contributed by atoms with Crippen LogP contribution in [0.25, 0.3) is 0 Å². The minimum Gasteiger partial charge on any atom is -0.377 e. The Morgan fingerprint density at radius 1 is 1.20 bits per heavy atom. The number of hydrogen-bond donors (Lipinski definition) is 1. The summed E-state index contributed by atoms with van der Waals surface area (Å²) in [5.41, 5.74) is 1.14. The molecule has 1 nitrogen and oxygen atoms in total. The second-order valence-electron chi connectivity index (χ2n) is 3.36. The van der Waals surface area contributed by atoms with Crippen molar-refractivity contribution in [1.82, 2.24) is 0 Å². The third-order valence-corrected chi connectivity index (χ3v) is 3.96. The standard InChI is InChI=1S/C12H12BrNS/c1-9(12-7-4-8-15-12)14-11-6-3-2-5-10(11)13/h2-9,14H,1H3. The maximum atomic E-state index is 3.53. The highest BCUT2D eigenvalue weighted by Gasteiger charge is 2.07. The predicted octanol–water partition coefficient (Wildman–Crippen LogP) is 4.68. The Morgan fingerprint density at radius 2 is 2.00 bits per heavy atom. The van der Waals surface area contributed by atoms with E-state index in [-0.39, 0.29) is 0 Å². The average molecular weight is 282 g/mol. The molecule has 0 aliphatic carbocycles. The van der Waals surface area contributed by atoms with Gasteiger partial charge in [-0.1, -0.05) is 18.2 Å². The van der Waals surface area contributed by atoms with Gasteiger partial charge in [0.2, 0.25) is 0 Å². The van der Waals surface area contributed by atoms with Gasteiger partial charge >= 0.3 is 0 Å². The first-order valence-corrected chi connectivity index (χ1v) is 6.49. The van der Waals surface area contributed by atoms with Gasteiger partial charge in [-0.05, 0) is 46.4 Å². The van der Waals surface area contributed by atoms with E-state index in [9.17, 15) is 0 Å². The Bertz CT molecular complexity index is 425. The predicted molar refractivity (Wildman–Crippen MR) is 70.5 cm³/mol. The highest BCUT2D eigenvalue weighted by Crippen LogP contribution is 2.27. The highest BCUT2D eigenvalue weighted by molar-refractivity contribution is 9.10. The molecule has 0 aliphatic heterocycles. The summed E-state index contributed by atoms with van der Waals surface area (Å²) in [7, 11) is 0. The number of halogens is 1. The Hall–Kier alpha value is -0.800. The van der Waals surface area contributed by atoms with Gasteiger partial charge in [0.15, 0.2) is 0 Å². The lowest BCUT2D eigenvalue weighted by Gasteiger charge is -2.14. The molecule has 0 amide bonds. The van der Waals surface area contributed by atoms with Crippen LogP contribution in [-0.2, 0) is 0 Å². The van der Waals surface area contributed by atoms with Gasteiger partial charge in [-0.25, -0.2) is 0 Å². The molecule has 2 rings (SSSR count). The van der Waals surface area contributed by atoms with Crippen LogP contribution in [-0.4, -0.2) is 0 Å². The number of benzene rings is 1. The molecule has 0 aliphatic rings. The summed E-state index contributed by atoms with van der Waals surface area (Å²) in [5, 5.41) is 5.58. The Labute approximate surface area is 102 Å². The largest absolute Gasteiger partial charge is 0.377 e. The van der Waals surface area contributed by atoms with Crippen molar-refractivity contribution in [2.75, 3.05) is 5.32 Å². The summed E-state index contributed by atoms with van der Waals surface area (Å²) in [6, 6.07) is 12.8. The maximum absolute atomic E-state index is 3.53. The second-order valence-corrected chi connectivity index (χ2v) is 5.19. The van der Waals surface area contributed by atoms with Crippen molar-refractivity contribution in [1.29, 1.82) is 0 Å². The third-order valence-electron chi connectivity index (χ3n) is 2.22. The molecule has 1 aromatic carbocycles. The van der Waals surface area contributed by atoms with Gasteiger partial charge in [-0.2, -0.15) is 0 Å². The van der Waals surface area contributed by atoms with Gasteiger partial charge in [-0.15, -0.1) is 11.3 Å². The van der Waals surface area contributed by atoms with Gasteiger partial charge in [0, 0.05) is 15.0 Å². The number of para-hydroxylation sites is 1. The zero-order chi connectivity index (χ0) is 10.7. The molecule has 0 spiro atoms. The van der Waals surface area contributed by atoms with Crippen LogP contribution in [0.3, 0.4) is 0 Å². The quantitative estimate of drug-likeness (QED) is 0.861. The molecule has 1 unspecified atom stereocenters. The molecular weight excluding hydrogens is 270 g/mol. The molecule has 0 fully saturated rings. The van der Waals surface area contributed by atoms with Crippen LogP contribution in [0.5, 0.6) is 0 Å². The van der Waals surface area contributed by atoms with Crippen molar-refractivity contribution < 1.29 is 0 Å². The van der Waals surface area contributed by atoms with Crippen molar-refractivity contribution in [3.63, 3.8) is 0 Å². The van der Waals surface area contributed by atoms with Crippen molar-refractivity contribution >= 4 is 33.0 Å². The molecule has 1 aromatic heterocycles. The summed E-state index contributed by atoms with van der Waals surface area (Å²) >= 11 is 5.31. The van der Waals surface area contributed by atoms with E-state index >= 15 is 0 Å². The van der Waals surface area contributed by atoms with Crippen molar-refractivity contribution in [3.05, 3.63) is 51.1 Å². The molecule has 1 atom stereocenters. The first-order valence-electron chi connectivity index (χ1n) is 4.82. The van der Waals surface area contributed by atoms with E-state index in [0.29, 0.717) is 6.04 Å². The number of anilines is 1. The fourth-order valence-corrected chi connectivity index (χ4v) is 2.55. The van der Waals surface area contributed by atoms with Gasteiger partial charge in [-0.3, -0.25) is 0 Å². The molecule has 0 bridgehead atoms. The maximum Gasteiger partial charge on any atom is 0.0578 e. The van der Waals surface area contributed by atoms with Crippen molar-refractivity contribution in [3.8, 4) is 0 Å². The van der Waals surface area contributed by atoms with Crippen LogP contribution >= 0.6 is 27.3 Å². The van der Waals surface area contributed by atoms with Crippen molar-refractivity contribution in [2.45, 2.75) is 13.0 Å². The molecule has 0 saturated heterocycles. The lowest BCUT2D eigenvalue weighted by atomic mass is 10.2. The topological polar surface area (TPSA) is 12.0 Å². The van der Waals surface area contributed by atoms with E-state index < -0.39 is 0 Å². The summed E-state index contributed by atoms with van der Waals surface area (Å²) in [6.45, 7) is 2.17. The SMILES string of the molecule is CC(Nc1ccccc1Br)c1cccs1. The number of nitrogens with one attached hydrogen (secondary N) is 1. The molecule has 3 heteroatoms. The fourth-order valence-electron chi connectivity index (χ4n) is 1.42. The van der Waals surface area contributed by atoms with Crippen LogP contribution in [0, 0.1) is 0 Å². The third kappa shape index (κ3) is 2.61. The van der Waals surface area contributed by atoms with Gasteiger partial charge in [0.05, 0.1) is 6.04 Å². The molecule has 2 aromatic rings. The summed E-state index contributed by atoms with van der Waals surface area (Å²) in [4.78, 5) is 1.35. The van der Waals surface area contributed by atoms with Crippen LogP contribution in [0.2, 0.25) is 0 Å². The molecule has 15 heavy (non-hydrogen) atoms. The van der Waals surface area contributed by atoms with Crippen molar-refractivity contribution in [2.24, 2.45) is 0 Å². The minimum atomic E-state index is 0.351. The first-order chi connectivity index (χ1) is 7.27. The summed E-state index contributed by atoms with van der Waals surface area (Å²) < 4.78 is 1.11. The Balaban J connectivity index is 2.13. The molecule has 78 valence electrons. The molecule has 1 N–H and O–H groups in total. The number of rotatable bonds is 3. The van der Waals surface area contributed by atoms with Crippen LogP contribution < -0.4 is 5.32 Å². The average Bonchev–Trinajstić information content (AvgIpc) is 2.74. The molecule has 1 heterocycles. The summed E-state index contributed by atoms with van der Waals surface area (Å²) in [6.07, 6.45) is 0. The van der Waals surface area contributed by atoms with E-state index in [1.165, 1.54) is 4.88 Å². The van der Waals surface area contributed by atoms with E-state index in [2.05, 4.69) is 51.7 Å². The molecule has 0 saturated carbocycles. The van der Waals surface area contributed by atoms with E-state index in [4.69, 9.17) is 0 Å². The Morgan fingerprint density at radius 3 is 2.67 bits per heavy atom. The van der Waals surface area contributed by atoms with Crippen LogP contribution in [0.4, 0.5) is 5.69 Å². The van der Waals surface area contributed by atoms with E-state index in [1.54, 1.807) is 11.3 Å². The van der Waals surface area contributed by atoms with Gasteiger partial charge in [0.25, 0.3) is 0 Å². The normalized spacial score (nSPS) is 12.4. The summed E-state index contributed by atoms with van der Waals surface area (Å²) in [5.74, 6) is 0. The van der Waals surface area contributed by atoms with E-state index in [0.717, 1.165) is 10.2 Å². The van der Waals surface area contributed by atoms with Gasteiger partial charge < -0.3 is 5.32 Å². The second kappa shape index (κ2) is 4.81. The zero-order valence-corrected chi connectivity index (χ0v) is 10.8. The Kier molecular flexibility index (Phi) is 3.44. The molecular formula is C12H12BrNS. The van der Waals surface area contributed by atoms with Gasteiger partial charge in [0.1, 0.15) is 0 Å². The number of hydrogen-bond acceptors (Lipinski definition) is 2. The van der Waals surface area contributed by atoms with E-state index in [1.807, 2.05) is 18.2 Å². The first kappa shape index (κ1) is 10.7. The smallest absolute Gasteiger partial charge is 0.0578 e. The zero-order valence-electron chi connectivity index (χ0n) is 8.41. The molecule has 0 radical (unpaired) electrons.